The molecule has 0 saturated carbocycles. The molecule has 0 bridgehead atoms. The summed E-state index contributed by atoms with van der Waals surface area (Å²) in [4.78, 5) is 0. The van der Waals surface area contributed by atoms with Gasteiger partial charge in [-0.15, -0.1) is 0 Å². The molecular weight excluding hydrogens is 181 g/mol. The van der Waals surface area contributed by atoms with Gasteiger partial charge in [-0.1, -0.05) is 36.7 Å². The van der Waals surface area contributed by atoms with Gasteiger partial charge in [0.1, 0.15) is 6.67 Å². The van der Waals surface area contributed by atoms with Crippen LogP contribution in [0.1, 0.15) is 30.9 Å². The maximum atomic E-state index is 12.4. The Morgan fingerprint density at radius 1 is 1.50 bits per heavy atom. The molecule has 0 spiro atoms. The van der Waals surface area contributed by atoms with Gasteiger partial charge in [0.25, 0.3) is 0 Å². The van der Waals surface area contributed by atoms with Crippen molar-refractivity contribution in [2.75, 3.05) is 0 Å². The van der Waals surface area contributed by atoms with Gasteiger partial charge in [0, 0.05) is 0 Å². The second kappa shape index (κ2) is 5.37. The Labute approximate surface area is 83.1 Å². The van der Waals surface area contributed by atoms with Crippen molar-refractivity contribution in [1.82, 2.24) is 0 Å². The van der Waals surface area contributed by atoms with Crippen LogP contribution in [0.5, 0.6) is 0 Å². The first kappa shape index (κ1) is 10.7. The van der Waals surface area contributed by atoms with Gasteiger partial charge in [-0.25, -0.2) is 4.39 Å². The van der Waals surface area contributed by atoms with Crippen LogP contribution in [-0.4, -0.2) is 10.9 Å². The van der Waals surface area contributed by atoms with Gasteiger partial charge in [0.2, 0.25) is 0 Å². The highest BCUT2D eigenvalue weighted by atomic mass is 19.1. The van der Waals surface area contributed by atoms with Crippen LogP contribution in [0.15, 0.2) is 29.4 Å². The summed E-state index contributed by atoms with van der Waals surface area (Å²) in [7, 11) is 0. The Morgan fingerprint density at radius 3 is 2.86 bits per heavy atom. The lowest BCUT2D eigenvalue weighted by molar-refractivity contribution is 0.318. The van der Waals surface area contributed by atoms with Crippen molar-refractivity contribution < 1.29 is 9.60 Å². The van der Waals surface area contributed by atoms with Crippen LogP contribution in [0.2, 0.25) is 0 Å². The lowest BCUT2D eigenvalue weighted by Crippen LogP contribution is -2.00. The van der Waals surface area contributed by atoms with E-state index in [0.29, 0.717) is 17.7 Å². The molecule has 2 nitrogen and oxygen atoms in total. The summed E-state index contributed by atoms with van der Waals surface area (Å²) in [6.07, 6.45) is 1.60. The van der Waals surface area contributed by atoms with E-state index in [1.54, 1.807) is 18.2 Å². The number of hydrogen-bond donors (Lipinski definition) is 1. The van der Waals surface area contributed by atoms with E-state index in [2.05, 4.69) is 5.16 Å². The van der Waals surface area contributed by atoms with Gasteiger partial charge >= 0.3 is 0 Å². The molecule has 0 unspecified atom stereocenters. The van der Waals surface area contributed by atoms with Gasteiger partial charge in [0.15, 0.2) is 0 Å². The Kier molecular flexibility index (Phi) is 4.11. The van der Waals surface area contributed by atoms with E-state index in [9.17, 15) is 4.39 Å². The molecule has 14 heavy (non-hydrogen) atoms. The third kappa shape index (κ3) is 2.55. The van der Waals surface area contributed by atoms with Gasteiger partial charge in [-0.3, -0.25) is 0 Å². The van der Waals surface area contributed by atoms with Crippen molar-refractivity contribution in [1.29, 1.82) is 0 Å². The number of benzene rings is 1. The van der Waals surface area contributed by atoms with E-state index in [1.165, 1.54) is 0 Å². The SMILES string of the molecule is CCCC(=NO)c1cccc(CF)c1. The fourth-order valence-electron chi connectivity index (χ4n) is 1.32. The van der Waals surface area contributed by atoms with Crippen molar-refractivity contribution in [3.63, 3.8) is 0 Å². The quantitative estimate of drug-likeness (QED) is 0.447. The molecule has 0 radical (unpaired) electrons. The minimum Gasteiger partial charge on any atom is -0.411 e. The highest BCUT2D eigenvalue weighted by molar-refractivity contribution is 6.00. The molecule has 0 aliphatic heterocycles. The van der Waals surface area contributed by atoms with Crippen LogP contribution in [0.4, 0.5) is 4.39 Å². The molecule has 1 rings (SSSR count). The highest BCUT2D eigenvalue weighted by Gasteiger charge is 2.03. The Bertz CT molecular complexity index is 323. The average molecular weight is 195 g/mol. The topological polar surface area (TPSA) is 32.6 Å². The molecule has 0 saturated heterocycles. The summed E-state index contributed by atoms with van der Waals surface area (Å²) in [6, 6.07) is 7.02. The van der Waals surface area contributed by atoms with E-state index >= 15 is 0 Å². The maximum Gasteiger partial charge on any atom is 0.115 e. The van der Waals surface area contributed by atoms with Gasteiger partial charge in [-0.05, 0) is 23.6 Å². The third-order valence-corrected chi connectivity index (χ3v) is 2.02. The van der Waals surface area contributed by atoms with Gasteiger partial charge < -0.3 is 5.21 Å². The maximum absolute atomic E-state index is 12.4. The van der Waals surface area contributed by atoms with Crippen LogP contribution in [0.3, 0.4) is 0 Å². The molecule has 0 fully saturated rings. The molecule has 1 aromatic carbocycles. The lowest BCUT2D eigenvalue weighted by atomic mass is 10.0. The summed E-state index contributed by atoms with van der Waals surface area (Å²) in [5, 5.41) is 12.0. The van der Waals surface area contributed by atoms with Crippen molar-refractivity contribution in [2.24, 2.45) is 5.16 Å². The first-order chi connectivity index (χ1) is 6.81. The third-order valence-electron chi connectivity index (χ3n) is 2.02. The van der Waals surface area contributed by atoms with Crippen molar-refractivity contribution in [3.8, 4) is 0 Å². The smallest absolute Gasteiger partial charge is 0.115 e. The van der Waals surface area contributed by atoms with Crippen LogP contribution in [-0.2, 0) is 6.67 Å². The molecule has 0 aromatic heterocycles. The van der Waals surface area contributed by atoms with E-state index in [4.69, 9.17) is 5.21 Å². The highest BCUT2D eigenvalue weighted by Crippen LogP contribution is 2.10. The number of rotatable bonds is 4. The van der Waals surface area contributed by atoms with Crippen LogP contribution < -0.4 is 0 Å². The normalized spacial score (nSPS) is 11.7. The minimum absolute atomic E-state index is 0.487. The second-order valence-electron chi connectivity index (χ2n) is 3.13. The first-order valence-corrected chi connectivity index (χ1v) is 4.68. The number of hydrogen-bond acceptors (Lipinski definition) is 2. The summed E-state index contributed by atoms with van der Waals surface area (Å²) in [5.41, 5.74) is 2.02. The molecular formula is C11H14FNO. The summed E-state index contributed by atoms with van der Waals surface area (Å²) in [6.45, 7) is 1.52. The van der Waals surface area contributed by atoms with Gasteiger partial charge in [0.05, 0.1) is 5.71 Å². The summed E-state index contributed by atoms with van der Waals surface area (Å²) in [5.74, 6) is 0. The van der Waals surface area contributed by atoms with E-state index < -0.39 is 6.67 Å². The van der Waals surface area contributed by atoms with Crippen LogP contribution in [0.25, 0.3) is 0 Å². The number of nitrogens with zero attached hydrogens (tertiary/aromatic N) is 1. The van der Waals surface area contributed by atoms with Crippen molar-refractivity contribution in [2.45, 2.75) is 26.4 Å². The second-order valence-corrected chi connectivity index (χ2v) is 3.13. The number of halogens is 1. The summed E-state index contributed by atoms with van der Waals surface area (Å²) >= 11 is 0. The van der Waals surface area contributed by atoms with E-state index in [-0.39, 0.29) is 0 Å². The Hall–Kier alpha value is -1.38. The van der Waals surface area contributed by atoms with E-state index in [0.717, 1.165) is 12.0 Å². The molecule has 0 amide bonds. The lowest BCUT2D eigenvalue weighted by Gasteiger charge is -2.03. The van der Waals surface area contributed by atoms with Crippen molar-refractivity contribution in [3.05, 3.63) is 35.4 Å². The number of oxime groups is 1. The molecule has 1 aromatic rings. The molecule has 1 N–H and O–H groups in total. The fraction of sp³-hybridized carbons (Fsp3) is 0.364. The van der Waals surface area contributed by atoms with Crippen molar-refractivity contribution >= 4 is 5.71 Å². The van der Waals surface area contributed by atoms with E-state index in [1.807, 2.05) is 13.0 Å². The first-order valence-electron chi connectivity index (χ1n) is 4.68. The van der Waals surface area contributed by atoms with Gasteiger partial charge in [-0.2, -0.15) is 0 Å². The minimum atomic E-state index is -0.487. The zero-order valence-electron chi connectivity index (χ0n) is 8.20. The molecule has 3 heteroatoms. The van der Waals surface area contributed by atoms with Crippen LogP contribution >= 0.6 is 0 Å². The Balaban J connectivity index is 2.93. The predicted octanol–water partition coefficient (Wildman–Crippen LogP) is 3.13. The number of alkyl halides is 1. The van der Waals surface area contributed by atoms with Crippen LogP contribution in [0, 0.1) is 0 Å². The zero-order valence-corrected chi connectivity index (χ0v) is 8.20. The standard InChI is InChI=1S/C11H14FNO/c1-2-4-11(13-14)10-6-3-5-9(7-10)8-12/h3,5-7,14H,2,4,8H2,1H3. The molecule has 0 aliphatic rings. The summed E-state index contributed by atoms with van der Waals surface area (Å²) < 4.78 is 12.4. The zero-order chi connectivity index (χ0) is 10.4. The fourth-order valence-corrected chi connectivity index (χ4v) is 1.32. The predicted molar refractivity (Wildman–Crippen MR) is 54.5 cm³/mol. The molecule has 76 valence electrons. The Morgan fingerprint density at radius 2 is 2.29 bits per heavy atom. The molecule has 0 heterocycles. The average Bonchev–Trinajstić information content (AvgIpc) is 2.26. The monoisotopic (exact) mass is 195 g/mol. The molecule has 0 atom stereocenters. The largest absolute Gasteiger partial charge is 0.411 e. The molecule has 0 aliphatic carbocycles.